The topological polar surface area (TPSA) is 95.1 Å². The van der Waals surface area contributed by atoms with E-state index in [1.807, 2.05) is 56.5 Å². The molecule has 218 valence electrons. The molecule has 1 saturated heterocycles. The van der Waals surface area contributed by atoms with Crippen molar-refractivity contribution in [2.24, 2.45) is 0 Å². The fourth-order valence-corrected chi connectivity index (χ4v) is 4.99. The molecule has 0 spiro atoms. The van der Waals surface area contributed by atoms with E-state index in [9.17, 15) is 4.79 Å². The first kappa shape index (κ1) is 28.8. The Morgan fingerprint density at radius 1 is 1.07 bits per heavy atom. The lowest BCUT2D eigenvalue weighted by Crippen LogP contribution is -2.29. The van der Waals surface area contributed by atoms with Crippen molar-refractivity contribution in [1.82, 2.24) is 14.9 Å². The van der Waals surface area contributed by atoms with Crippen molar-refractivity contribution in [3.05, 3.63) is 85.2 Å². The number of methoxy groups -OCH3 is 1. The van der Waals surface area contributed by atoms with Gasteiger partial charge in [-0.05, 0) is 48.6 Å². The summed E-state index contributed by atoms with van der Waals surface area (Å²) in [6.07, 6.45) is 3.60. The zero-order chi connectivity index (χ0) is 29.6. The van der Waals surface area contributed by atoms with Crippen LogP contribution < -0.4 is 25.3 Å². The van der Waals surface area contributed by atoms with Crippen LogP contribution in [-0.2, 0) is 9.63 Å². The van der Waals surface area contributed by atoms with E-state index in [4.69, 9.17) is 9.57 Å². The van der Waals surface area contributed by atoms with Crippen LogP contribution in [0, 0.1) is 0 Å². The molecule has 0 unspecified atom stereocenters. The lowest BCUT2D eigenvalue weighted by molar-refractivity contribution is -0.111. The first-order chi connectivity index (χ1) is 20.4. The molecule has 2 heterocycles. The monoisotopic (exact) mass is 567 g/mol. The maximum Gasteiger partial charge on any atom is 0.247 e. The molecule has 42 heavy (non-hydrogen) atoms. The van der Waals surface area contributed by atoms with Crippen LogP contribution in [0.3, 0.4) is 0 Å². The Balaban J connectivity index is 1.43. The normalized spacial score (nSPS) is 14.7. The number of nitrogens with zero attached hydrogens (tertiary/aromatic N) is 5. The SMILES string of the molecule is C=CC(=O)Nc1cc(Nc2cc(N3OCC[C@@H]3c3ccc4ccccc4c3)ncn2)c(OC)cc1N(C)CCN(C)C. The standard InChI is InChI=1S/C32H37N7O3/c1-6-32(40)36-25-18-26(29(41-5)19-28(25)38(4)15-14-37(2)3)35-30-20-31(34-21-33-30)39-27(13-16-42-39)24-12-11-22-9-7-8-10-23(22)17-24/h6-12,17-21,27H,1,13-16H2,2-5H3,(H,36,40)(H,33,34,35)/t27-/m1/s1. The Morgan fingerprint density at radius 3 is 2.64 bits per heavy atom. The summed E-state index contributed by atoms with van der Waals surface area (Å²) in [6.45, 7) is 5.79. The van der Waals surface area contributed by atoms with Crippen molar-refractivity contribution in [2.75, 3.05) is 68.5 Å². The zero-order valence-corrected chi connectivity index (χ0v) is 24.5. The number of carbonyl (C=O) groups is 1. The summed E-state index contributed by atoms with van der Waals surface area (Å²) in [5, 5.41) is 10.5. The summed E-state index contributed by atoms with van der Waals surface area (Å²) in [5.74, 6) is 1.50. The van der Waals surface area contributed by atoms with Crippen LogP contribution in [0.2, 0.25) is 0 Å². The summed E-state index contributed by atoms with van der Waals surface area (Å²) >= 11 is 0. The maximum atomic E-state index is 12.3. The Labute approximate surface area is 246 Å². The molecular weight excluding hydrogens is 530 g/mol. The van der Waals surface area contributed by atoms with Crippen LogP contribution >= 0.6 is 0 Å². The highest BCUT2D eigenvalue weighted by Gasteiger charge is 2.29. The molecule has 1 aliphatic rings. The van der Waals surface area contributed by atoms with E-state index < -0.39 is 0 Å². The molecule has 1 aromatic heterocycles. The Kier molecular flexibility index (Phi) is 8.85. The first-order valence-electron chi connectivity index (χ1n) is 13.9. The number of anilines is 5. The third-order valence-corrected chi connectivity index (χ3v) is 7.26. The summed E-state index contributed by atoms with van der Waals surface area (Å²) in [7, 11) is 7.64. The number of hydrogen-bond donors (Lipinski definition) is 2. The summed E-state index contributed by atoms with van der Waals surface area (Å²) in [6, 6.07) is 20.4. The van der Waals surface area contributed by atoms with Gasteiger partial charge in [0.05, 0.1) is 36.8 Å². The van der Waals surface area contributed by atoms with Gasteiger partial charge in [-0.15, -0.1) is 0 Å². The number of ether oxygens (including phenoxy) is 1. The van der Waals surface area contributed by atoms with Gasteiger partial charge in [-0.3, -0.25) is 9.63 Å². The molecule has 1 aliphatic heterocycles. The second kappa shape index (κ2) is 12.9. The number of rotatable bonds is 11. The minimum atomic E-state index is -0.302. The van der Waals surface area contributed by atoms with Gasteiger partial charge >= 0.3 is 0 Å². The Bertz CT molecular complexity index is 1580. The lowest BCUT2D eigenvalue weighted by atomic mass is 10.0. The number of nitrogens with one attached hydrogen (secondary N) is 2. The smallest absolute Gasteiger partial charge is 0.247 e. The molecular formula is C32H37N7O3. The molecule has 10 nitrogen and oxygen atoms in total. The second-order valence-electron chi connectivity index (χ2n) is 10.4. The van der Waals surface area contributed by atoms with Crippen molar-refractivity contribution >= 4 is 45.4 Å². The third-order valence-electron chi connectivity index (χ3n) is 7.26. The van der Waals surface area contributed by atoms with Crippen LogP contribution in [0.15, 0.2) is 79.6 Å². The van der Waals surface area contributed by atoms with Gasteiger partial charge in [-0.1, -0.05) is 43.0 Å². The van der Waals surface area contributed by atoms with Gasteiger partial charge in [0.2, 0.25) is 5.91 Å². The highest BCUT2D eigenvalue weighted by atomic mass is 16.7. The van der Waals surface area contributed by atoms with Gasteiger partial charge in [-0.25, -0.2) is 15.0 Å². The van der Waals surface area contributed by atoms with Crippen molar-refractivity contribution in [2.45, 2.75) is 12.5 Å². The van der Waals surface area contributed by atoms with Crippen molar-refractivity contribution < 1.29 is 14.4 Å². The number of carbonyl (C=O) groups excluding carboxylic acids is 1. The molecule has 4 aromatic rings. The zero-order valence-electron chi connectivity index (χ0n) is 24.5. The second-order valence-corrected chi connectivity index (χ2v) is 10.4. The molecule has 3 aromatic carbocycles. The van der Waals surface area contributed by atoms with E-state index in [-0.39, 0.29) is 11.9 Å². The number of likely N-dealkylation sites (N-methyl/N-ethyl adjacent to an activating group) is 2. The molecule has 5 rings (SSSR count). The highest BCUT2D eigenvalue weighted by molar-refractivity contribution is 6.02. The Morgan fingerprint density at radius 2 is 1.88 bits per heavy atom. The largest absolute Gasteiger partial charge is 0.494 e. The number of hydroxylamine groups is 1. The molecule has 2 N–H and O–H groups in total. The van der Waals surface area contributed by atoms with E-state index in [1.54, 1.807) is 7.11 Å². The minimum absolute atomic E-state index is 0.0181. The fraction of sp³-hybridized carbons (Fsp3) is 0.281. The van der Waals surface area contributed by atoms with Crippen LogP contribution in [0.25, 0.3) is 10.8 Å². The van der Waals surface area contributed by atoms with Crippen molar-refractivity contribution in [3.8, 4) is 5.75 Å². The average Bonchev–Trinajstić information content (AvgIpc) is 3.50. The van der Waals surface area contributed by atoms with Crippen LogP contribution in [0.5, 0.6) is 5.75 Å². The number of amides is 1. The first-order valence-corrected chi connectivity index (χ1v) is 13.9. The molecule has 1 fully saturated rings. The molecule has 0 aliphatic carbocycles. The van der Waals surface area contributed by atoms with Gasteiger partial charge in [0, 0.05) is 38.7 Å². The lowest BCUT2D eigenvalue weighted by Gasteiger charge is -2.26. The van der Waals surface area contributed by atoms with E-state index in [1.165, 1.54) is 23.2 Å². The van der Waals surface area contributed by atoms with E-state index >= 15 is 0 Å². The van der Waals surface area contributed by atoms with Crippen LogP contribution in [-0.4, -0.2) is 68.7 Å². The number of aromatic nitrogens is 2. The van der Waals surface area contributed by atoms with Gasteiger partial charge in [0.1, 0.15) is 17.9 Å². The van der Waals surface area contributed by atoms with Gasteiger partial charge in [-0.2, -0.15) is 0 Å². The Hall–Kier alpha value is -4.67. The van der Waals surface area contributed by atoms with Crippen molar-refractivity contribution in [1.29, 1.82) is 0 Å². The third kappa shape index (κ3) is 6.45. The molecule has 1 atom stereocenters. The summed E-state index contributed by atoms with van der Waals surface area (Å²) in [5.41, 5.74) is 3.25. The number of benzene rings is 3. The maximum absolute atomic E-state index is 12.3. The predicted octanol–water partition coefficient (Wildman–Crippen LogP) is 5.39. The molecule has 10 heteroatoms. The van der Waals surface area contributed by atoms with E-state index in [0.29, 0.717) is 35.4 Å². The molecule has 0 saturated carbocycles. The van der Waals surface area contributed by atoms with Crippen LogP contribution in [0.4, 0.5) is 28.7 Å². The molecule has 0 radical (unpaired) electrons. The van der Waals surface area contributed by atoms with E-state index in [0.717, 1.165) is 30.8 Å². The van der Waals surface area contributed by atoms with Gasteiger partial charge in [0.25, 0.3) is 0 Å². The average molecular weight is 568 g/mol. The predicted molar refractivity (Wildman–Crippen MR) is 169 cm³/mol. The van der Waals surface area contributed by atoms with Crippen LogP contribution in [0.1, 0.15) is 18.0 Å². The number of fused-ring (bicyclic) bond motifs is 1. The molecule has 0 bridgehead atoms. The number of hydrogen-bond acceptors (Lipinski definition) is 9. The molecule has 1 amide bonds. The van der Waals surface area contributed by atoms with Gasteiger partial charge < -0.3 is 25.2 Å². The van der Waals surface area contributed by atoms with Gasteiger partial charge in [0.15, 0.2) is 5.82 Å². The van der Waals surface area contributed by atoms with Crippen molar-refractivity contribution in [3.63, 3.8) is 0 Å². The highest BCUT2D eigenvalue weighted by Crippen LogP contribution is 2.39. The van der Waals surface area contributed by atoms with E-state index in [2.05, 4.69) is 67.3 Å². The fourth-order valence-electron chi connectivity index (χ4n) is 4.99. The summed E-state index contributed by atoms with van der Waals surface area (Å²) < 4.78 is 5.75. The minimum Gasteiger partial charge on any atom is -0.494 e. The summed E-state index contributed by atoms with van der Waals surface area (Å²) in [4.78, 5) is 31.5. The quantitative estimate of drug-likeness (QED) is 0.231.